The quantitative estimate of drug-likeness (QED) is 0.407. The number of amides is 1. The van der Waals surface area contributed by atoms with Crippen LogP contribution in [-0.2, 0) is 6.54 Å². The molecule has 3 aromatic rings. The average Bonchev–Trinajstić information content (AvgIpc) is 3.41. The van der Waals surface area contributed by atoms with Gasteiger partial charge in [0.05, 0.1) is 11.9 Å². The van der Waals surface area contributed by atoms with E-state index in [2.05, 4.69) is 36.1 Å². The molecular formula is C20H24ClN9O2. The number of nitrogens with two attached hydrogens (primary N) is 1. The van der Waals surface area contributed by atoms with Gasteiger partial charge in [0, 0.05) is 23.2 Å². The van der Waals surface area contributed by atoms with Gasteiger partial charge in [-0.2, -0.15) is 9.78 Å². The monoisotopic (exact) mass is 457 g/mol. The summed E-state index contributed by atoms with van der Waals surface area (Å²) in [4.78, 5) is 15.1. The molecule has 168 valence electrons. The summed E-state index contributed by atoms with van der Waals surface area (Å²) in [5.74, 6) is -0.273. The maximum Gasteiger partial charge on any atom is 0.293 e. The van der Waals surface area contributed by atoms with Gasteiger partial charge >= 0.3 is 0 Å². The number of nitrogens with one attached hydrogen (secondary N) is 1. The third-order valence-electron chi connectivity index (χ3n) is 5.55. The Morgan fingerprint density at radius 1 is 1.34 bits per heavy atom. The molecular weight excluding hydrogens is 434 g/mol. The van der Waals surface area contributed by atoms with Gasteiger partial charge < -0.3 is 5.73 Å². The zero-order valence-electron chi connectivity index (χ0n) is 17.6. The smallest absolute Gasteiger partial charge is 0.293 e. The normalized spacial score (nSPS) is 15.0. The lowest BCUT2D eigenvalue weighted by molar-refractivity contribution is 0.0947. The maximum absolute atomic E-state index is 12.9. The minimum atomic E-state index is -0.512. The zero-order chi connectivity index (χ0) is 22.5. The molecule has 2 aromatic heterocycles. The van der Waals surface area contributed by atoms with Crippen molar-refractivity contribution in [1.29, 1.82) is 0 Å². The summed E-state index contributed by atoms with van der Waals surface area (Å²) >= 11 is 6.12. The van der Waals surface area contributed by atoms with E-state index in [0.717, 1.165) is 12.8 Å². The number of hydrogen-bond donors (Lipinski definition) is 2. The van der Waals surface area contributed by atoms with Crippen molar-refractivity contribution in [3.8, 4) is 5.82 Å². The highest BCUT2D eigenvalue weighted by atomic mass is 35.5. The molecule has 0 spiro atoms. The molecule has 0 atom stereocenters. The van der Waals surface area contributed by atoms with Crippen molar-refractivity contribution in [3.05, 3.63) is 46.2 Å². The Morgan fingerprint density at radius 2 is 2.12 bits per heavy atom. The van der Waals surface area contributed by atoms with Crippen LogP contribution in [0.5, 0.6) is 0 Å². The number of aromatic nitrogens is 5. The molecule has 0 saturated heterocycles. The first-order chi connectivity index (χ1) is 15.5. The summed E-state index contributed by atoms with van der Waals surface area (Å²) in [5, 5.41) is 20.1. The van der Waals surface area contributed by atoms with Crippen molar-refractivity contribution in [3.63, 3.8) is 0 Å². The number of benzene rings is 1. The van der Waals surface area contributed by atoms with E-state index in [1.54, 1.807) is 12.1 Å². The second-order valence-corrected chi connectivity index (χ2v) is 8.10. The predicted molar refractivity (Wildman–Crippen MR) is 118 cm³/mol. The van der Waals surface area contributed by atoms with Gasteiger partial charge in [-0.25, -0.2) is 10.1 Å². The van der Waals surface area contributed by atoms with Crippen LogP contribution >= 0.6 is 11.6 Å². The van der Waals surface area contributed by atoms with Crippen molar-refractivity contribution in [2.24, 2.45) is 5.10 Å². The van der Waals surface area contributed by atoms with Crippen molar-refractivity contribution in [2.75, 3.05) is 12.8 Å². The van der Waals surface area contributed by atoms with Crippen LogP contribution in [0.3, 0.4) is 0 Å². The SMILES string of the molecule is CN(Cc1c(C(=O)N/N=C/c2ccccc2Cl)nnn1-c1nonc1N)C1CCCCC1. The largest absolute Gasteiger partial charge is 0.378 e. The van der Waals surface area contributed by atoms with Crippen LogP contribution in [0.1, 0.15) is 53.8 Å². The van der Waals surface area contributed by atoms with Gasteiger partial charge in [0.1, 0.15) is 0 Å². The molecule has 12 heteroatoms. The third-order valence-corrected chi connectivity index (χ3v) is 5.89. The van der Waals surface area contributed by atoms with Crippen LogP contribution in [0.25, 0.3) is 5.82 Å². The van der Waals surface area contributed by atoms with E-state index in [-0.39, 0.29) is 17.3 Å². The molecule has 3 N–H and O–H groups in total. The molecule has 0 unspecified atom stereocenters. The highest BCUT2D eigenvalue weighted by molar-refractivity contribution is 6.33. The molecule has 1 fully saturated rings. The predicted octanol–water partition coefficient (Wildman–Crippen LogP) is 2.41. The van der Waals surface area contributed by atoms with Crippen molar-refractivity contribution in [2.45, 2.75) is 44.7 Å². The topological polar surface area (TPSA) is 140 Å². The molecule has 1 amide bonds. The Balaban J connectivity index is 1.58. The fourth-order valence-electron chi connectivity index (χ4n) is 3.81. The van der Waals surface area contributed by atoms with E-state index in [4.69, 9.17) is 22.0 Å². The molecule has 0 aliphatic heterocycles. The summed E-state index contributed by atoms with van der Waals surface area (Å²) in [7, 11) is 2.02. The van der Waals surface area contributed by atoms with E-state index in [1.165, 1.54) is 30.2 Å². The number of carbonyl (C=O) groups is 1. The highest BCUT2D eigenvalue weighted by Gasteiger charge is 2.27. The molecule has 1 aliphatic carbocycles. The van der Waals surface area contributed by atoms with Gasteiger partial charge in [-0.3, -0.25) is 9.69 Å². The van der Waals surface area contributed by atoms with Crippen LogP contribution in [0.15, 0.2) is 34.0 Å². The summed E-state index contributed by atoms with van der Waals surface area (Å²) in [6.07, 6.45) is 7.32. The molecule has 1 aliphatic rings. The first kappa shape index (κ1) is 21.9. The summed E-state index contributed by atoms with van der Waals surface area (Å²) < 4.78 is 6.09. The van der Waals surface area contributed by atoms with Gasteiger partial charge in [0.15, 0.2) is 5.69 Å². The van der Waals surface area contributed by atoms with E-state index in [9.17, 15) is 4.79 Å². The maximum atomic E-state index is 12.9. The Kier molecular flexibility index (Phi) is 6.76. The molecule has 32 heavy (non-hydrogen) atoms. The van der Waals surface area contributed by atoms with Crippen LogP contribution in [0.2, 0.25) is 5.02 Å². The fraction of sp³-hybridized carbons (Fsp3) is 0.400. The third kappa shape index (κ3) is 4.78. The van der Waals surface area contributed by atoms with Crippen LogP contribution < -0.4 is 11.2 Å². The highest BCUT2D eigenvalue weighted by Crippen LogP contribution is 2.24. The molecule has 0 bridgehead atoms. The van der Waals surface area contributed by atoms with Gasteiger partial charge in [-0.05, 0) is 36.3 Å². The second kappa shape index (κ2) is 9.88. The van der Waals surface area contributed by atoms with Crippen LogP contribution in [0, 0.1) is 0 Å². The standard InChI is InChI=1S/C20H24ClN9O2/c1-29(14-8-3-2-4-9-14)12-16-17(24-28-30(16)19-18(22)26-32-27-19)20(31)25-23-11-13-7-5-6-10-15(13)21/h5-7,10-11,14H,2-4,8-9,12H2,1H3,(H2,22,26)(H,25,31)/b23-11+. The Labute approximate surface area is 189 Å². The number of anilines is 1. The summed E-state index contributed by atoms with van der Waals surface area (Å²) in [6.45, 7) is 0.418. The zero-order valence-corrected chi connectivity index (χ0v) is 18.4. The lowest BCUT2D eigenvalue weighted by Crippen LogP contribution is -2.34. The molecule has 2 heterocycles. The Hall–Kier alpha value is -3.31. The number of nitrogen functional groups attached to an aromatic ring is 1. The molecule has 1 aromatic carbocycles. The van der Waals surface area contributed by atoms with Gasteiger partial charge in [0.2, 0.25) is 11.6 Å². The fourth-order valence-corrected chi connectivity index (χ4v) is 3.99. The average molecular weight is 458 g/mol. The van der Waals surface area contributed by atoms with E-state index in [0.29, 0.717) is 28.9 Å². The Morgan fingerprint density at radius 3 is 2.84 bits per heavy atom. The first-order valence-corrected chi connectivity index (χ1v) is 10.7. The Bertz CT molecular complexity index is 1100. The molecule has 0 radical (unpaired) electrons. The molecule has 11 nitrogen and oxygen atoms in total. The minimum absolute atomic E-state index is 0.0557. The number of hydrazone groups is 1. The number of rotatable bonds is 7. The minimum Gasteiger partial charge on any atom is -0.378 e. The molecule has 4 rings (SSSR count). The van der Waals surface area contributed by atoms with Gasteiger partial charge in [0.25, 0.3) is 5.91 Å². The van der Waals surface area contributed by atoms with Gasteiger partial charge in [-0.15, -0.1) is 5.10 Å². The number of carbonyl (C=O) groups excluding carboxylic acids is 1. The van der Waals surface area contributed by atoms with E-state index < -0.39 is 5.91 Å². The van der Waals surface area contributed by atoms with Crippen LogP contribution in [0.4, 0.5) is 5.82 Å². The van der Waals surface area contributed by atoms with E-state index >= 15 is 0 Å². The summed E-state index contributed by atoms with van der Waals surface area (Å²) in [5.41, 5.74) is 9.65. The van der Waals surface area contributed by atoms with Crippen molar-refractivity contribution >= 4 is 29.5 Å². The van der Waals surface area contributed by atoms with E-state index in [1.807, 2.05) is 19.2 Å². The number of halogens is 1. The van der Waals surface area contributed by atoms with Crippen molar-refractivity contribution < 1.29 is 9.42 Å². The van der Waals surface area contributed by atoms with Gasteiger partial charge in [-0.1, -0.05) is 54.3 Å². The molecule has 1 saturated carbocycles. The van der Waals surface area contributed by atoms with Crippen LogP contribution in [-0.4, -0.2) is 55.4 Å². The lowest BCUT2D eigenvalue weighted by Gasteiger charge is -2.31. The summed E-state index contributed by atoms with van der Waals surface area (Å²) in [6, 6.07) is 7.59. The second-order valence-electron chi connectivity index (χ2n) is 7.70. The first-order valence-electron chi connectivity index (χ1n) is 10.4. The lowest BCUT2D eigenvalue weighted by atomic mass is 9.94. The number of nitrogens with zero attached hydrogens (tertiary/aromatic N) is 7. The number of hydrogen-bond acceptors (Lipinski definition) is 9. The van der Waals surface area contributed by atoms with Crippen molar-refractivity contribution in [1.82, 2.24) is 35.6 Å².